The number of hydrogen-bond donors (Lipinski definition) is 0. The Morgan fingerprint density at radius 2 is 1.83 bits per heavy atom. The summed E-state index contributed by atoms with van der Waals surface area (Å²) in [6, 6.07) is 0. The molecule has 12 heavy (non-hydrogen) atoms. The van der Waals surface area contributed by atoms with Gasteiger partial charge in [-0.25, -0.2) is 0 Å². The summed E-state index contributed by atoms with van der Waals surface area (Å²) in [7, 11) is 0. The zero-order chi connectivity index (χ0) is 8.65. The van der Waals surface area contributed by atoms with Crippen LogP contribution >= 0.6 is 0 Å². The number of rotatable bonds is 6. The molecular formula is C11H20O. The topological polar surface area (TPSA) is 17.1 Å². The maximum atomic E-state index is 10.0. The van der Waals surface area contributed by atoms with E-state index < -0.39 is 0 Å². The van der Waals surface area contributed by atoms with Crippen molar-refractivity contribution in [3.63, 3.8) is 0 Å². The van der Waals surface area contributed by atoms with Crippen molar-refractivity contribution in [3.8, 4) is 0 Å². The van der Waals surface area contributed by atoms with E-state index in [-0.39, 0.29) is 0 Å². The Bertz CT molecular complexity index is 114. The maximum Gasteiger partial charge on any atom is 0.119 e. The van der Waals surface area contributed by atoms with Crippen molar-refractivity contribution in [2.75, 3.05) is 0 Å². The molecule has 0 spiro atoms. The third-order valence-corrected chi connectivity index (χ3v) is 2.91. The monoisotopic (exact) mass is 168 g/mol. The smallest absolute Gasteiger partial charge is 0.119 e. The second-order valence-corrected chi connectivity index (χ2v) is 3.96. The van der Waals surface area contributed by atoms with Crippen molar-refractivity contribution in [3.05, 3.63) is 0 Å². The molecule has 0 radical (unpaired) electrons. The zero-order valence-electron chi connectivity index (χ0n) is 7.93. The lowest BCUT2D eigenvalue weighted by molar-refractivity contribution is -0.107. The van der Waals surface area contributed by atoms with Gasteiger partial charge < -0.3 is 4.79 Å². The van der Waals surface area contributed by atoms with Crippen LogP contribution in [0.2, 0.25) is 0 Å². The van der Waals surface area contributed by atoms with Crippen LogP contribution in [0.4, 0.5) is 0 Å². The summed E-state index contributed by atoms with van der Waals surface area (Å²) in [6.07, 6.45) is 12.8. The van der Waals surface area contributed by atoms with Gasteiger partial charge in [-0.3, -0.25) is 0 Å². The lowest BCUT2D eigenvalue weighted by Gasteiger charge is -2.06. The molecule has 1 rings (SSSR count). The molecule has 1 aliphatic carbocycles. The van der Waals surface area contributed by atoms with Crippen molar-refractivity contribution >= 4 is 6.29 Å². The molecule has 1 fully saturated rings. The van der Waals surface area contributed by atoms with Crippen LogP contribution in [0.3, 0.4) is 0 Å². The quantitative estimate of drug-likeness (QED) is 0.439. The fourth-order valence-corrected chi connectivity index (χ4v) is 2.14. The van der Waals surface area contributed by atoms with Crippen LogP contribution in [0, 0.1) is 5.92 Å². The minimum Gasteiger partial charge on any atom is -0.303 e. The van der Waals surface area contributed by atoms with Gasteiger partial charge in [0.2, 0.25) is 0 Å². The van der Waals surface area contributed by atoms with E-state index in [4.69, 9.17) is 0 Å². The van der Waals surface area contributed by atoms with Gasteiger partial charge >= 0.3 is 0 Å². The van der Waals surface area contributed by atoms with E-state index in [1.54, 1.807) is 0 Å². The van der Waals surface area contributed by atoms with Gasteiger partial charge in [-0.1, -0.05) is 44.9 Å². The minimum atomic E-state index is 0.769. The largest absolute Gasteiger partial charge is 0.303 e. The van der Waals surface area contributed by atoms with E-state index in [1.165, 1.54) is 44.9 Å². The van der Waals surface area contributed by atoms with E-state index in [2.05, 4.69) is 0 Å². The van der Waals surface area contributed by atoms with Gasteiger partial charge in [0, 0.05) is 6.42 Å². The van der Waals surface area contributed by atoms with Crippen molar-refractivity contribution < 1.29 is 4.79 Å². The number of hydrogen-bond acceptors (Lipinski definition) is 1. The van der Waals surface area contributed by atoms with Crippen molar-refractivity contribution in [2.24, 2.45) is 5.92 Å². The number of unbranched alkanes of at least 4 members (excludes halogenated alkanes) is 3. The Labute approximate surface area is 75.5 Å². The van der Waals surface area contributed by atoms with Gasteiger partial charge in [0.05, 0.1) is 0 Å². The van der Waals surface area contributed by atoms with E-state index >= 15 is 0 Å². The molecule has 0 aromatic rings. The summed E-state index contributed by atoms with van der Waals surface area (Å²) in [5.41, 5.74) is 0. The first kappa shape index (κ1) is 9.76. The molecule has 0 amide bonds. The number of carbonyl (C=O) groups excluding carboxylic acids is 1. The Kier molecular flexibility index (Phi) is 5.05. The first-order valence-corrected chi connectivity index (χ1v) is 5.37. The number of carbonyl (C=O) groups is 1. The van der Waals surface area contributed by atoms with Crippen LogP contribution in [0.1, 0.15) is 57.8 Å². The average Bonchev–Trinajstić information content (AvgIpc) is 2.57. The van der Waals surface area contributed by atoms with Crippen LogP contribution in [0.5, 0.6) is 0 Å². The maximum absolute atomic E-state index is 10.0. The Morgan fingerprint density at radius 3 is 2.50 bits per heavy atom. The zero-order valence-corrected chi connectivity index (χ0v) is 7.93. The average molecular weight is 168 g/mol. The summed E-state index contributed by atoms with van der Waals surface area (Å²) in [4.78, 5) is 10.0. The molecule has 0 unspecified atom stereocenters. The van der Waals surface area contributed by atoms with Crippen molar-refractivity contribution in [1.82, 2.24) is 0 Å². The van der Waals surface area contributed by atoms with Crippen LogP contribution in [-0.2, 0) is 4.79 Å². The van der Waals surface area contributed by atoms with Gasteiger partial charge in [-0.05, 0) is 12.3 Å². The summed E-state index contributed by atoms with van der Waals surface area (Å²) in [5, 5.41) is 0. The van der Waals surface area contributed by atoms with Crippen LogP contribution in [0.15, 0.2) is 0 Å². The molecule has 0 atom stereocenters. The lowest BCUT2D eigenvalue weighted by atomic mass is 10.00. The van der Waals surface area contributed by atoms with E-state index in [1.807, 2.05) is 0 Å². The molecule has 1 saturated carbocycles. The van der Waals surface area contributed by atoms with Crippen LogP contribution < -0.4 is 0 Å². The van der Waals surface area contributed by atoms with Gasteiger partial charge in [-0.2, -0.15) is 0 Å². The van der Waals surface area contributed by atoms with E-state index in [9.17, 15) is 4.79 Å². The number of aldehydes is 1. The fourth-order valence-electron chi connectivity index (χ4n) is 2.14. The first-order chi connectivity index (χ1) is 5.93. The van der Waals surface area contributed by atoms with Gasteiger partial charge in [0.1, 0.15) is 6.29 Å². The van der Waals surface area contributed by atoms with Crippen molar-refractivity contribution in [2.45, 2.75) is 57.8 Å². The molecule has 70 valence electrons. The highest BCUT2D eigenvalue weighted by molar-refractivity contribution is 5.48. The van der Waals surface area contributed by atoms with E-state index in [0.717, 1.165) is 25.0 Å². The summed E-state index contributed by atoms with van der Waals surface area (Å²) < 4.78 is 0. The molecule has 0 aliphatic heterocycles. The molecule has 0 saturated heterocycles. The molecule has 0 aromatic heterocycles. The first-order valence-electron chi connectivity index (χ1n) is 5.37. The fraction of sp³-hybridized carbons (Fsp3) is 0.909. The molecule has 1 nitrogen and oxygen atoms in total. The summed E-state index contributed by atoms with van der Waals surface area (Å²) in [6.45, 7) is 0. The van der Waals surface area contributed by atoms with Gasteiger partial charge in [0.15, 0.2) is 0 Å². The lowest BCUT2D eigenvalue weighted by Crippen LogP contribution is -1.92. The van der Waals surface area contributed by atoms with Crippen molar-refractivity contribution in [1.29, 1.82) is 0 Å². The normalized spacial score (nSPS) is 18.3. The van der Waals surface area contributed by atoms with Crippen LogP contribution in [-0.4, -0.2) is 6.29 Å². The third-order valence-electron chi connectivity index (χ3n) is 2.91. The highest BCUT2D eigenvalue weighted by Gasteiger charge is 2.13. The van der Waals surface area contributed by atoms with E-state index in [0.29, 0.717) is 0 Å². The molecule has 0 bridgehead atoms. The molecule has 1 aliphatic rings. The molecule has 1 heteroatoms. The molecule has 0 N–H and O–H groups in total. The molecule has 0 aromatic carbocycles. The summed E-state index contributed by atoms with van der Waals surface area (Å²) >= 11 is 0. The highest BCUT2D eigenvalue weighted by atomic mass is 16.1. The SMILES string of the molecule is O=CCCCCCC1CCCC1. The van der Waals surface area contributed by atoms with Gasteiger partial charge in [0.25, 0.3) is 0 Å². The van der Waals surface area contributed by atoms with Crippen LogP contribution in [0.25, 0.3) is 0 Å². The Hall–Kier alpha value is -0.330. The molecular weight excluding hydrogens is 148 g/mol. The second kappa shape index (κ2) is 6.22. The third kappa shape index (κ3) is 3.89. The minimum absolute atomic E-state index is 0.769. The predicted octanol–water partition coefficient (Wildman–Crippen LogP) is 3.33. The van der Waals surface area contributed by atoms with Gasteiger partial charge in [-0.15, -0.1) is 0 Å². The standard InChI is InChI=1S/C11H20O/c12-10-6-2-1-3-7-11-8-4-5-9-11/h10-11H,1-9H2. The molecule has 0 heterocycles. The Balaban J connectivity index is 1.84. The summed E-state index contributed by atoms with van der Waals surface area (Å²) in [5.74, 6) is 1.03. The predicted molar refractivity (Wildman–Crippen MR) is 51.1 cm³/mol. The Morgan fingerprint density at radius 1 is 1.08 bits per heavy atom. The second-order valence-electron chi connectivity index (χ2n) is 3.96. The highest BCUT2D eigenvalue weighted by Crippen LogP contribution is 2.29.